The number of aromatic nitrogens is 1. The van der Waals surface area contributed by atoms with Crippen LogP contribution in [0.4, 0.5) is 4.39 Å². The summed E-state index contributed by atoms with van der Waals surface area (Å²) in [6, 6.07) is 9.63. The van der Waals surface area contributed by atoms with E-state index in [1.54, 1.807) is 24.5 Å². The van der Waals surface area contributed by atoms with Gasteiger partial charge < -0.3 is 9.64 Å². The van der Waals surface area contributed by atoms with E-state index in [0.29, 0.717) is 62.5 Å². The Morgan fingerprint density at radius 1 is 0.970 bits per heavy atom. The lowest BCUT2D eigenvalue weighted by Gasteiger charge is -2.25. The van der Waals surface area contributed by atoms with Crippen LogP contribution in [0.3, 0.4) is 0 Å². The standard InChI is InChI=1S/C26H32FN3O3/c1-3-5-18-33-19-6-16-30-25(31)23(21-7-9-22(27)10-8-21)24(26(30)32)29(4-2)17-13-20-11-14-28-15-12-20/h7-12,14-15H,3-6,13,16-19H2,1-2H3. The third-order valence-corrected chi connectivity index (χ3v) is 5.71. The molecule has 3 rings (SSSR count). The predicted molar refractivity (Wildman–Crippen MR) is 126 cm³/mol. The van der Waals surface area contributed by atoms with Crippen molar-refractivity contribution in [3.8, 4) is 0 Å². The molecule has 0 N–H and O–H groups in total. The Kier molecular flexibility index (Phi) is 9.13. The van der Waals surface area contributed by atoms with E-state index in [1.807, 2.05) is 24.0 Å². The quantitative estimate of drug-likeness (QED) is 0.338. The average Bonchev–Trinajstić information content (AvgIpc) is 3.08. The molecule has 0 spiro atoms. The number of nitrogens with zero attached hydrogens (tertiary/aromatic N) is 3. The normalized spacial score (nSPS) is 13.8. The van der Waals surface area contributed by atoms with Crippen LogP contribution in [-0.4, -0.2) is 59.4 Å². The molecule has 0 radical (unpaired) electrons. The molecule has 2 heterocycles. The van der Waals surface area contributed by atoms with Crippen LogP contribution in [0.25, 0.3) is 5.57 Å². The number of hydrogen-bond donors (Lipinski definition) is 0. The molecule has 0 unspecified atom stereocenters. The molecule has 0 bridgehead atoms. The molecule has 1 aromatic carbocycles. The van der Waals surface area contributed by atoms with Crippen molar-refractivity contribution in [1.29, 1.82) is 0 Å². The maximum Gasteiger partial charge on any atom is 0.277 e. The molecular formula is C26H32FN3O3. The summed E-state index contributed by atoms with van der Waals surface area (Å²) in [4.78, 5) is 34.1. The zero-order valence-corrected chi connectivity index (χ0v) is 19.4. The molecule has 0 atom stereocenters. The summed E-state index contributed by atoms with van der Waals surface area (Å²) in [5, 5.41) is 0. The van der Waals surface area contributed by atoms with Gasteiger partial charge in [0.2, 0.25) is 0 Å². The van der Waals surface area contributed by atoms with Crippen molar-refractivity contribution in [2.75, 3.05) is 32.8 Å². The highest BCUT2D eigenvalue weighted by molar-refractivity contribution is 6.35. The number of carbonyl (C=O) groups excluding carboxylic acids is 2. The van der Waals surface area contributed by atoms with Crippen LogP contribution in [0.2, 0.25) is 0 Å². The Labute approximate surface area is 195 Å². The predicted octanol–water partition coefficient (Wildman–Crippen LogP) is 4.07. The topological polar surface area (TPSA) is 62.7 Å². The highest BCUT2D eigenvalue weighted by Gasteiger charge is 2.40. The number of imide groups is 1. The van der Waals surface area contributed by atoms with E-state index >= 15 is 0 Å². The van der Waals surface area contributed by atoms with Crippen molar-refractivity contribution < 1.29 is 18.7 Å². The van der Waals surface area contributed by atoms with Crippen LogP contribution in [0, 0.1) is 5.82 Å². The average molecular weight is 454 g/mol. The van der Waals surface area contributed by atoms with Crippen LogP contribution < -0.4 is 0 Å². The fourth-order valence-corrected chi connectivity index (χ4v) is 3.85. The largest absolute Gasteiger partial charge is 0.381 e. The molecule has 1 aliphatic rings. The molecular weight excluding hydrogens is 421 g/mol. The van der Waals surface area contributed by atoms with Gasteiger partial charge in [0, 0.05) is 45.2 Å². The Bertz CT molecular complexity index is 961. The number of halogens is 1. The summed E-state index contributed by atoms with van der Waals surface area (Å²) in [6.45, 7) is 6.68. The van der Waals surface area contributed by atoms with E-state index < -0.39 is 0 Å². The van der Waals surface area contributed by atoms with Gasteiger partial charge in [-0.3, -0.25) is 19.5 Å². The van der Waals surface area contributed by atoms with Gasteiger partial charge in [-0.15, -0.1) is 0 Å². The summed E-state index contributed by atoms with van der Waals surface area (Å²) in [5.41, 5.74) is 2.37. The van der Waals surface area contributed by atoms with Crippen LogP contribution in [0.5, 0.6) is 0 Å². The number of unbranched alkanes of at least 4 members (excludes halogenated alkanes) is 1. The van der Waals surface area contributed by atoms with E-state index in [-0.39, 0.29) is 17.6 Å². The minimum absolute atomic E-state index is 0.292. The third-order valence-electron chi connectivity index (χ3n) is 5.71. The molecule has 2 aromatic rings. The maximum atomic E-state index is 13.5. The summed E-state index contributed by atoms with van der Waals surface area (Å²) in [7, 11) is 0. The first-order chi connectivity index (χ1) is 16.1. The van der Waals surface area contributed by atoms with Gasteiger partial charge in [0.15, 0.2) is 0 Å². The summed E-state index contributed by atoms with van der Waals surface area (Å²) >= 11 is 0. The second kappa shape index (κ2) is 12.3. The highest BCUT2D eigenvalue weighted by atomic mass is 19.1. The molecule has 1 aromatic heterocycles. The molecule has 0 fully saturated rings. The zero-order valence-electron chi connectivity index (χ0n) is 19.4. The van der Waals surface area contributed by atoms with Gasteiger partial charge in [-0.05, 0) is 61.6 Å². The number of pyridine rings is 1. The number of hydrogen-bond acceptors (Lipinski definition) is 5. The van der Waals surface area contributed by atoms with Gasteiger partial charge in [0.05, 0.1) is 5.57 Å². The summed E-state index contributed by atoms with van der Waals surface area (Å²) in [6.07, 6.45) is 6.82. The van der Waals surface area contributed by atoms with Crippen molar-refractivity contribution >= 4 is 17.4 Å². The molecule has 6 nitrogen and oxygen atoms in total. The Morgan fingerprint density at radius 3 is 2.33 bits per heavy atom. The smallest absolute Gasteiger partial charge is 0.277 e. The summed E-state index contributed by atoms with van der Waals surface area (Å²) < 4.78 is 19.1. The molecule has 7 heteroatoms. The Balaban J connectivity index is 1.81. The van der Waals surface area contributed by atoms with Crippen molar-refractivity contribution in [3.05, 3.63) is 71.4 Å². The minimum atomic E-state index is -0.385. The van der Waals surface area contributed by atoms with Crippen molar-refractivity contribution in [2.45, 2.75) is 39.5 Å². The number of rotatable bonds is 13. The van der Waals surface area contributed by atoms with Crippen molar-refractivity contribution in [1.82, 2.24) is 14.8 Å². The first kappa shape index (κ1) is 24.6. The Morgan fingerprint density at radius 2 is 1.67 bits per heavy atom. The monoisotopic (exact) mass is 453 g/mol. The lowest BCUT2D eigenvalue weighted by atomic mass is 10.0. The fraction of sp³-hybridized carbons (Fsp3) is 0.423. The van der Waals surface area contributed by atoms with E-state index in [9.17, 15) is 14.0 Å². The number of ether oxygens (including phenoxy) is 1. The molecule has 0 saturated carbocycles. The van der Waals surface area contributed by atoms with Gasteiger partial charge in [-0.25, -0.2) is 4.39 Å². The van der Waals surface area contributed by atoms with Crippen LogP contribution in [0.15, 0.2) is 54.5 Å². The lowest BCUT2D eigenvalue weighted by Crippen LogP contribution is -2.36. The van der Waals surface area contributed by atoms with Crippen molar-refractivity contribution in [2.24, 2.45) is 0 Å². The second-order valence-corrected chi connectivity index (χ2v) is 8.00. The summed E-state index contributed by atoms with van der Waals surface area (Å²) in [5.74, 6) is -1.02. The minimum Gasteiger partial charge on any atom is -0.381 e. The van der Waals surface area contributed by atoms with Crippen molar-refractivity contribution in [3.63, 3.8) is 0 Å². The van der Waals surface area contributed by atoms with Crippen LogP contribution in [0.1, 0.15) is 44.2 Å². The first-order valence-corrected chi connectivity index (χ1v) is 11.6. The van der Waals surface area contributed by atoms with E-state index in [4.69, 9.17) is 4.74 Å². The molecule has 0 saturated heterocycles. The third kappa shape index (κ3) is 6.26. The number of benzene rings is 1. The molecule has 1 aliphatic heterocycles. The van der Waals surface area contributed by atoms with Gasteiger partial charge in [-0.2, -0.15) is 0 Å². The maximum absolute atomic E-state index is 13.5. The molecule has 33 heavy (non-hydrogen) atoms. The number of likely N-dealkylation sites (N-methyl/N-ethyl adjacent to an activating group) is 1. The van der Waals surface area contributed by atoms with E-state index in [0.717, 1.165) is 18.4 Å². The van der Waals surface area contributed by atoms with Gasteiger partial charge in [0.25, 0.3) is 11.8 Å². The number of carbonyl (C=O) groups is 2. The van der Waals surface area contributed by atoms with Gasteiger partial charge >= 0.3 is 0 Å². The van der Waals surface area contributed by atoms with Gasteiger partial charge in [0.1, 0.15) is 11.5 Å². The first-order valence-electron chi connectivity index (χ1n) is 11.6. The molecule has 176 valence electrons. The van der Waals surface area contributed by atoms with Gasteiger partial charge in [-0.1, -0.05) is 25.5 Å². The Hall–Kier alpha value is -3.06. The van der Waals surface area contributed by atoms with E-state index in [1.165, 1.54) is 17.0 Å². The number of amides is 2. The van der Waals surface area contributed by atoms with Crippen LogP contribution >= 0.6 is 0 Å². The zero-order chi connectivity index (χ0) is 23.6. The molecule has 0 aliphatic carbocycles. The van der Waals surface area contributed by atoms with E-state index in [2.05, 4.69) is 11.9 Å². The highest BCUT2D eigenvalue weighted by Crippen LogP contribution is 2.32. The lowest BCUT2D eigenvalue weighted by molar-refractivity contribution is -0.137. The molecule has 2 amide bonds. The fourth-order valence-electron chi connectivity index (χ4n) is 3.85. The van der Waals surface area contributed by atoms with Crippen LogP contribution in [-0.2, 0) is 20.7 Å². The second-order valence-electron chi connectivity index (χ2n) is 8.00. The SMILES string of the molecule is CCCCOCCCN1C(=O)C(c2ccc(F)cc2)=C(N(CC)CCc2ccncc2)C1=O.